The molecule has 9 nitrogen and oxygen atoms in total. The molecular weight excluding hydrogens is 344 g/mol. The topological polar surface area (TPSA) is 117 Å². The smallest absolute Gasteiger partial charge is 0.240 e. The largest absolute Gasteiger partial charge is 0.368 e. The Morgan fingerprint density at radius 3 is 2.93 bits per heavy atom. The Bertz CT molecular complexity index is 988. The fraction of sp³-hybridized carbons (Fsp3) is 0.444. The van der Waals surface area contributed by atoms with Crippen molar-refractivity contribution in [1.29, 1.82) is 0 Å². The highest BCUT2D eigenvalue weighted by Crippen LogP contribution is 2.36. The third-order valence-electron chi connectivity index (χ3n) is 5.60. The van der Waals surface area contributed by atoms with Crippen LogP contribution in [-0.4, -0.2) is 43.1 Å². The molecule has 1 amide bonds. The van der Waals surface area contributed by atoms with Crippen LogP contribution in [0.25, 0.3) is 5.65 Å². The fourth-order valence-electron chi connectivity index (χ4n) is 3.88. The lowest BCUT2D eigenvalue weighted by Crippen LogP contribution is -2.41. The highest BCUT2D eigenvalue weighted by atomic mass is 16.1. The van der Waals surface area contributed by atoms with Gasteiger partial charge < -0.3 is 16.0 Å². The van der Waals surface area contributed by atoms with Crippen LogP contribution in [0.2, 0.25) is 0 Å². The average molecular weight is 366 g/mol. The van der Waals surface area contributed by atoms with Gasteiger partial charge in [0, 0.05) is 30.4 Å². The third kappa shape index (κ3) is 2.79. The first kappa shape index (κ1) is 16.1. The Labute approximate surface area is 156 Å². The Balaban J connectivity index is 1.48. The van der Waals surface area contributed by atoms with E-state index in [9.17, 15) is 4.79 Å². The number of carbonyl (C=O) groups is 1. The van der Waals surface area contributed by atoms with Crippen molar-refractivity contribution in [2.24, 2.45) is 5.73 Å². The van der Waals surface area contributed by atoms with Crippen LogP contribution in [0.1, 0.15) is 43.7 Å². The predicted octanol–water partition coefficient (Wildman–Crippen LogP) is 1.92. The molecule has 0 bridgehead atoms. The first-order valence-corrected chi connectivity index (χ1v) is 9.42. The van der Waals surface area contributed by atoms with E-state index in [0.717, 1.165) is 36.5 Å². The molecule has 4 heterocycles. The second-order valence-corrected chi connectivity index (χ2v) is 7.30. The zero-order valence-corrected chi connectivity index (χ0v) is 14.9. The molecule has 1 aliphatic carbocycles. The average Bonchev–Trinajstić information content (AvgIpc) is 3.33. The lowest BCUT2D eigenvalue weighted by Gasteiger charge is -2.23. The quantitative estimate of drug-likeness (QED) is 0.635. The molecule has 140 valence electrons. The van der Waals surface area contributed by atoms with Gasteiger partial charge in [-0.05, 0) is 37.8 Å². The molecule has 2 fully saturated rings. The van der Waals surface area contributed by atoms with Crippen LogP contribution in [0.5, 0.6) is 0 Å². The molecule has 0 spiro atoms. The maximum atomic E-state index is 11.8. The van der Waals surface area contributed by atoms with E-state index in [0.29, 0.717) is 17.8 Å². The molecular formula is C18H22N8O. The lowest BCUT2D eigenvalue weighted by atomic mass is 9.83. The first-order chi connectivity index (χ1) is 13.2. The number of aromatic nitrogens is 5. The Hall–Kier alpha value is -3.10. The van der Waals surface area contributed by atoms with Crippen LogP contribution in [0.3, 0.4) is 0 Å². The van der Waals surface area contributed by atoms with Gasteiger partial charge in [-0.15, -0.1) is 0 Å². The van der Waals surface area contributed by atoms with Gasteiger partial charge in [0.15, 0.2) is 5.82 Å². The number of nitrogens with one attached hydrogen (secondary N) is 2. The summed E-state index contributed by atoms with van der Waals surface area (Å²) in [4.78, 5) is 22.9. The molecule has 2 aliphatic rings. The van der Waals surface area contributed by atoms with Crippen LogP contribution in [0.15, 0.2) is 24.4 Å². The van der Waals surface area contributed by atoms with Gasteiger partial charge in [0.2, 0.25) is 17.8 Å². The number of aromatic amines is 1. The number of carbonyl (C=O) groups excluding carboxylic acids is 1. The second-order valence-electron chi connectivity index (χ2n) is 7.30. The standard InChI is InChI=1S/C18H22N8O/c19-16(27)13-6-2-8-25(13)18-21-15-7-3-9-26(15)17(22-18)20-14-10-12(23-24-14)11-4-1-5-11/h3,7,9-11,13H,1-2,4-6,8H2,(H2,19,27)(H2,20,21,22,23,24)/t13-/m0/s1. The number of anilines is 3. The Kier molecular flexibility index (Phi) is 3.73. The minimum absolute atomic E-state index is 0.335. The van der Waals surface area contributed by atoms with Crippen molar-refractivity contribution < 1.29 is 4.79 Å². The number of amides is 1. The number of rotatable bonds is 5. The number of H-pyrrole nitrogens is 1. The summed E-state index contributed by atoms with van der Waals surface area (Å²) in [5, 5.41) is 10.8. The number of nitrogens with zero attached hydrogens (tertiary/aromatic N) is 5. The fourth-order valence-corrected chi connectivity index (χ4v) is 3.88. The van der Waals surface area contributed by atoms with Crippen LogP contribution in [-0.2, 0) is 4.79 Å². The summed E-state index contributed by atoms with van der Waals surface area (Å²) >= 11 is 0. The van der Waals surface area contributed by atoms with Crippen LogP contribution < -0.4 is 16.0 Å². The van der Waals surface area contributed by atoms with Crippen LogP contribution in [0, 0.1) is 0 Å². The van der Waals surface area contributed by atoms with E-state index in [2.05, 4.69) is 25.5 Å². The number of hydrogen-bond donors (Lipinski definition) is 3. The van der Waals surface area contributed by atoms with Gasteiger partial charge in [0.1, 0.15) is 11.7 Å². The summed E-state index contributed by atoms with van der Waals surface area (Å²) in [5.41, 5.74) is 7.48. The molecule has 3 aromatic heterocycles. The van der Waals surface area contributed by atoms with E-state index in [1.54, 1.807) is 0 Å². The van der Waals surface area contributed by atoms with Crippen molar-refractivity contribution in [3.8, 4) is 0 Å². The van der Waals surface area contributed by atoms with Gasteiger partial charge in [0.25, 0.3) is 0 Å². The van der Waals surface area contributed by atoms with Crippen molar-refractivity contribution in [3.05, 3.63) is 30.1 Å². The molecule has 1 aliphatic heterocycles. The van der Waals surface area contributed by atoms with Crippen molar-refractivity contribution in [3.63, 3.8) is 0 Å². The minimum atomic E-state index is -0.356. The van der Waals surface area contributed by atoms with E-state index >= 15 is 0 Å². The van der Waals surface area contributed by atoms with E-state index in [4.69, 9.17) is 5.73 Å². The molecule has 9 heteroatoms. The van der Waals surface area contributed by atoms with E-state index in [1.807, 2.05) is 33.7 Å². The van der Waals surface area contributed by atoms with Gasteiger partial charge >= 0.3 is 0 Å². The third-order valence-corrected chi connectivity index (χ3v) is 5.60. The van der Waals surface area contributed by atoms with Gasteiger partial charge in [-0.3, -0.25) is 14.3 Å². The van der Waals surface area contributed by atoms with Crippen molar-refractivity contribution >= 4 is 29.3 Å². The molecule has 1 saturated carbocycles. The van der Waals surface area contributed by atoms with E-state index < -0.39 is 0 Å². The van der Waals surface area contributed by atoms with Gasteiger partial charge in [-0.25, -0.2) is 0 Å². The summed E-state index contributed by atoms with van der Waals surface area (Å²) in [5.74, 6) is 2.10. The van der Waals surface area contributed by atoms with Crippen LogP contribution in [0.4, 0.5) is 17.7 Å². The molecule has 4 N–H and O–H groups in total. The predicted molar refractivity (Wildman–Crippen MR) is 101 cm³/mol. The first-order valence-electron chi connectivity index (χ1n) is 9.42. The molecule has 0 unspecified atom stereocenters. The molecule has 1 atom stereocenters. The summed E-state index contributed by atoms with van der Waals surface area (Å²) in [6.45, 7) is 0.720. The van der Waals surface area contributed by atoms with Gasteiger partial charge in [-0.1, -0.05) is 6.42 Å². The molecule has 3 aromatic rings. The maximum Gasteiger partial charge on any atom is 0.240 e. The number of nitrogens with two attached hydrogens (primary N) is 1. The highest BCUT2D eigenvalue weighted by Gasteiger charge is 2.31. The van der Waals surface area contributed by atoms with Crippen LogP contribution >= 0.6 is 0 Å². The summed E-state index contributed by atoms with van der Waals surface area (Å²) in [6.07, 6.45) is 7.24. The van der Waals surface area contributed by atoms with E-state index in [1.165, 1.54) is 19.3 Å². The maximum absolute atomic E-state index is 11.8. The minimum Gasteiger partial charge on any atom is -0.368 e. The summed E-state index contributed by atoms with van der Waals surface area (Å²) < 4.78 is 1.87. The Morgan fingerprint density at radius 2 is 2.15 bits per heavy atom. The molecule has 27 heavy (non-hydrogen) atoms. The van der Waals surface area contributed by atoms with Crippen molar-refractivity contribution in [1.82, 2.24) is 24.6 Å². The van der Waals surface area contributed by atoms with Crippen molar-refractivity contribution in [2.75, 3.05) is 16.8 Å². The normalized spacial score (nSPS) is 20.1. The number of fused-ring (bicyclic) bond motifs is 1. The van der Waals surface area contributed by atoms with Gasteiger partial charge in [0.05, 0.1) is 0 Å². The number of primary amides is 1. The number of hydrogen-bond acceptors (Lipinski definition) is 6. The highest BCUT2D eigenvalue weighted by molar-refractivity contribution is 5.83. The molecule has 0 radical (unpaired) electrons. The Morgan fingerprint density at radius 1 is 1.26 bits per heavy atom. The summed E-state index contributed by atoms with van der Waals surface area (Å²) in [7, 11) is 0. The zero-order valence-electron chi connectivity index (χ0n) is 14.9. The van der Waals surface area contributed by atoms with E-state index in [-0.39, 0.29) is 11.9 Å². The molecule has 5 rings (SSSR count). The zero-order chi connectivity index (χ0) is 18.4. The summed E-state index contributed by atoms with van der Waals surface area (Å²) in [6, 6.07) is 5.52. The molecule has 1 saturated heterocycles. The lowest BCUT2D eigenvalue weighted by molar-refractivity contribution is -0.119. The van der Waals surface area contributed by atoms with Crippen molar-refractivity contribution in [2.45, 2.75) is 44.1 Å². The second kappa shape index (κ2) is 6.26. The SMILES string of the molecule is NC(=O)[C@@H]1CCCN1c1nc(Nc2cc(C3CCC3)[nH]n2)n2cccc2n1. The van der Waals surface area contributed by atoms with Gasteiger partial charge in [-0.2, -0.15) is 15.1 Å². The molecule has 0 aromatic carbocycles. The monoisotopic (exact) mass is 366 g/mol.